The molecule has 2 rings (SSSR count). The molecule has 2 aromatic carbocycles. The van der Waals surface area contributed by atoms with Gasteiger partial charge in [-0.25, -0.2) is 0 Å². The molecule has 0 aliphatic rings. The van der Waals surface area contributed by atoms with Crippen molar-refractivity contribution in [2.75, 3.05) is 7.11 Å². The Kier molecular flexibility index (Phi) is 5.07. The van der Waals surface area contributed by atoms with Crippen molar-refractivity contribution in [3.8, 4) is 11.1 Å². The molecule has 2 aromatic rings. The third kappa shape index (κ3) is 3.80. The highest BCUT2D eigenvalue weighted by Crippen LogP contribution is 2.21. The van der Waals surface area contributed by atoms with Gasteiger partial charge in [-0.2, -0.15) is 0 Å². The average molecular weight is 297 g/mol. The molecule has 0 bridgehead atoms. The number of rotatable bonds is 5. The van der Waals surface area contributed by atoms with E-state index < -0.39 is 12.0 Å². The van der Waals surface area contributed by atoms with Gasteiger partial charge in [0.15, 0.2) is 5.78 Å². The lowest BCUT2D eigenvalue weighted by atomic mass is 9.99. The van der Waals surface area contributed by atoms with Crippen molar-refractivity contribution in [3.63, 3.8) is 0 Å². The Morgan fingerprint density at radius 1 is 1.09 bits per heavy atom. The second kappa shape index (κ2) is 7.00. The Labute approximate surface area is 129 Å². The van der Waals surface area contributed by atoms with Crippen LogP contribution in [0.15, 0.2) is 48.5 Å². The van der Waals surface area contributed by atoms with Crippen LogP contribution in [0.3, 0.4) is 0 Å². The van der Waals surface area contributed by atoms with Crippen molar-refractivity contribution >= 4 is 11.8 Å². The average Bonchev–Trinajstić information content (AvgIpc) is 2.54. The number of ketones is 1. The zero-order chi connectivity index (χ0) is 16.1. The summed E-state index contributed by atoms with van der Waals surface area (Å²) >= 11 is 0. The molecule has 2 N–H and O–H groups in total. The minimum absolute atomic E-state index is 0.0440. The first-order valence-corrected chi connectivity index (χ1v) is 7.05. The van der Waals surface area contributed by atoms with Gasteiger partial charge in [0.05, 0.1) is 7.11 Å². The van der Waals surface area contributed by atoms with Gasteiger partial charge in [-0.3, -0.25) is 9.59 Å². The lowest BCUT2D eigenvalue weighted by Gasteiger charge is -2.10. The highest BCUT2D eigenvalue weighted by Gasteiger charge is 2.14. The standard InChI is InChI=1S/C18H19NO3/c1-12(20)15-4-3-5-16(11-15)14-8-6-13(7-9-14)10-17(19)18(21)22-2/h3-9,11,17H,10,19H2,1-2H3. The summed E-state index contributed by atoms with van der Waals surface area (Å²) < 4.78 is 4.62. The summed E-state index contributed by atoms with van der Waals surface area (Å²) in [6.45, 7) is 1.55. The van der Waals surface area contributed by atoms with Crippen molar-refractivity contribution in [2.45, 2.75) is 19.4 Å². The third-order valence-electron chi connectivity index (χ3n) is 3.52. The number of carbonyl (C=O) groups excluding carboxylic acids is 2. The molecule has 0 aliphatic heterocycles. The number of esters is 1. The predicted molar refractivity (Wildman–Crippen MR) is 85.6 cm³/mol. The largest absolute Gasteiger partial charge is 0.468 e. The first-order valence-electron chi connectivity index (χ1n) is 7.05. The lowest BCUT2D eigenvalue weighted by molar-refractivity contribution is -0.142. The van der Waals surface area contributed by atoms with Crippen molar-refractivity contribution in [3.05, 3.63) is 59.7 Å². The lowest BCUT2D eigenvalue weighted by Crippen LogP contribution is -2.33. The van der Waals surface area contributed by atoms with E-state index >= 15 is 0 Å². The second-order valence-electron chi connectivity index (χ2n) is 5.17. The minimum atomic E-state index is -0.656. The quantitative estimate of drug-likeness (QED) is 0.680. The van der Waals surface area contributed by atoms with Crippen LogP contribution in [0.1, 0.15) is 22.8 Å². The van der Waals surface area contributed by atoms with Crippen LogP contribution in [0.25, 0.3) is 11.1 Å². The molecule has 0 spiro atoms. The molecule has 1 atom stereocenters. The number of carbonyl (C=O) groups is 2. The Bertz CT molecular complexity index is 677. The number of nitrogens with two attached hydrogens (primary N) is 1. The van der Waals surface area contributed by atoms with E-state index in [1.165, 1.54) is 7.11 Å². The summed E-state index contributed by atoms with van der Waals surface area (Å²) in [5.74, 6) is -0.374. The molecule has 22 heavy (non-hydrogen) atoms. The second-order valence-corrected chi connectivity index (χ2v) is 5.17. The van der Waals surface area contributed by atoms with Gasteiger partial charge in [0.25, 0.3) is 0 Å². The number of methoxy groups -OCH3 is 1. The molecule has 0 aliphatic carbocycles. The Morgan fingerprint density at radius 3 is 2.36 bits per heavy atom. The summed E-state index contributed by atoms with van der Waals surface area (Å²) in [6.07, 6.45) is 0.431. The molecule has 0 saturated heterocycles. The minimum Gasteiger partial charge on any atom is -0.468 e. The highest BCUT2D eigenvalue weighted by atomic mass is 16.5. The molecule has 0 aromatic heterocycles. The first kappa shape index (κ1) is 15.9. The molecular formula is C18H19NO3. The van der Waals surface area contributed by atoms with Crippen LogP contribution in [0.2, 0.25) is 0 Å². The molecule has 1 unspecified atom stereocenters. The fourth-order valence-corrected chi connectivity index (χ4v) is 2.24. The smallest absolute Gasteiger partial charge is 0.322 e. The molecule has 0 heterocycles. The van der Waals surface area contributed by atoms with Crippen LogP contribution in [0.4, 0.5) is 0 Å². The zero-order valence-electron chi connectivity index (χ0n) is 12.7. The van der Waals surface area contributed by atoms with Crippen LogP contribution in [0, 0.1) is 0 Å². The maximum Gasteiger partial charge on any atom is 0.322 e. The van der Waals surface area contributed by atoms with E-state index in [1.807, 2.05) is 42.5 Å². The molecule has 114 valence electrons. The molecule has 0 fully saturated rings. The number of hydrogen-bond donors (Lipinski definition) is 1. The zero-order valence-corrected chi connectivity index (χ0v) is 12.7. The first-order chi connectivity index (χ1) is 10.5. The molecule has 4 nitrogen and oxygen atoms in total. The monoisotopic (exact) mass is 297 g/mol. The molecule has 0 radical (unpaired) electrons. The topological polar surface area (TPSA) is 69.4 Å². The van der Waals surface area contributed by atoms with E-state index in [0.717, 1.165) is 16.7 Å². The number of ether oxygens (including phenoxy) is 1. The SMILES string of the molecule is COC(=O)C(N)Cc1ccc(-c2cccc(C(C)=O)c2)cc1. The predicted octanol–water partition coefficient (Wildman–Crippen LogP) is 2.60. The maximum atomic E-state index is 11.4. The highest BCUT2D eigenvalue weighted by molar-refractivity contribution is 5.95. The van der Waals surface area contributed by atoms with Gasteiger partial charge in [0, 0.05) is 5.56 Å². The summed E-state index contributed by atoms with van der Waals surface area (Å²) in [5, 5.41) is 0. The van der Waals surface area contributed by atoms with Gasteiger partial charge in [0.1, 0.15) is 6.04 Å². The van der Waals surface area contributed by atoms with Gasteiger partial charge in [-0.1, -0.05) is 42.5 Å². The van der Waals surface area contributed by atoms with Crippen LogP contribution in [-0.4, -0.2) is 24.9 Å². The maximum absolute atomic E-state index is 11.4. The van der Waals surface area contributed by atoms with E-state index in [0.29, 0.717) is 12.0 Å². The Morgan fingerprint density at radius 2 is 1.77 bits per heavy atom. The van der Waals surface area contributed by atoms with E-state index in [4.69, 9.17) is 5.73 Å². The summed E-state index contributed by atoms with van der Waals surface area (Å²) in [7, 11) is 1.33. The van der Waals surface area contributed by atoms with Gasteiger partial charge >= 0.3 is 5.97 Å². The van der Waals surface area contributed by atoms with E-state index in [9.17, 15) is 9.59 Å². The van der Waals surface area contributed by atoms with Crippen molar-refractivity contribution in [2.24, 2.45) is 5.73 Å². The molecule has 4 heteroatoms. The van der Waals surface area contributed by atoms with E-state index in [-0.39, 0.29) is 5.78 Å². The van der Waals surface area contributed by atoms with Crippen molar-refractivity contribution in [1.82, 2.24) is 0 Å². The summed E-state index contributed by atoms with van der Waals surface area (Å²) in [4.78, 5) is 22.8. The number of Topliss-reactive ketones (excluding diaryl/α,β-unsaturated/α-hetero) is 1. The Balaban J connectivity index is 2.17. The van der Waals surface area contributed by atoms with Crippen molar-refractivity contribution in [1.29, 1.82) is 0 Å². The molecule has 0 amide bonds. The van der Waals surface area contributed by atoms with Crippen LogP contribution >= 0.6 is 0 Å². The fraction of sp³-hybridized carbons (Fsp3) is 0.222. The summed E-state index contributed by atoms with van der Waals surface area (Å²) in [6, 6.07) is 14.6. The van der Waals surface area contributed by atoms with Crippen LogP contribution < -0.4 is 5.73 Å². The van der Waals surface area contributed by atoms with Gasteiger partial charge in [0.2, 0.25) is 0 Å². The number of hydrogen-bond acceptors (Lipinski definition) is 4. The fourth-order valence-electron chi connectivity index (χ4n) is 2.24. The van der Waals surface area contributed by atoms with Gasteiger partial charge in [-0.05, 0) is 36.1 Å². The summed E-state index contributed by atoms with van der Waals surface area (Å²) in [5.41, 5.74) is 9.40. The van der Waals surface area contributed by atoms with Gasteiger partial charge < -0.3 is 10.5 Å². The normalized spacial score (nSPS) is 11.8. The van der Waals surface area contributed by atoms with E-state index in [1.54, 1.807) is 13.0 Å². The van der Waals surface area contributed by atoms with Crippen LogP contribution in [-0.2, 0) is 16.0 Å². The van der Waals surface area contributed by atoms with Crippen LogP contribution in [0.5, 0.6) is 0 Å². The Hall–Kier alpha value is -2.46. The van der Waals surface area contributed by atoms with E-state index in [2.05, 4.69) is 4.74 Å². The third-order valence-corrected chi connectivity index (χ3v) is 3.52. The number of benzene rings is 2. The molecule has 0 saturated carbocycles. The van der Waals surface area contributed by atoms with Crippen molar-refractivity contribution < 1.29 is 14.3 Å². The molecular weight excluding hydrogens is 278 g/mol. The van der Waals surface area contributed by atoms with Gasteiger partial charge in [-0.15, -0.1) is 0 Å².